The van der Waals surface area contributed by atoms with Crippen molar-refractivity contribution in [1.29, 1.82) is 5.26 Å². The van der Waals surface area contributed by atoms with Gasteiger partial charge < -0.3 is 11.1 Å². The van der Waals surface area contributed by atoms with E-state index in [2.05, 4.69) is 10.4 Å². The predicted octanol–water partition coefficient (Wildman–Crippen LogP) is 2.29. The van der Waals surface area contributed by atoms with Gasteiger partial charge in [0.25, 0.3) is 0 Å². The van der Waals surface area contributed by atoms with Crippen LogP contribution in [0.2, 0.25) is 5.02 Å². The lowest BCUT2D eigenvalue weighted by atomic mass is 10.1. The highest BCUT2D eigenvalue weighted by molar-refractivity contribution is 6.32. The number of halogens is 4. The van der Waals surface area contributed by atoms with Crippen LogP contribution in [0.1, 0.15) is 16.8 Å². The van der Waals surface area contributed by atoms with E-state index in [9.17, 15) is 18.0 Å². The Hall–Kier alpha value is -2.73. The number of hydrogen-bond acceptors (Lipinski definition) is 4. The van der Waals surface area contributed by atoms with Crippen LogP contribution in [0.4, 0.5) is 19.0 Å². The molecule has 1 aromatic carbocycles. The van der Waals surface area contributed by atoms with Crippen molar-refractivity contribution in [2.24, 2.45) is 0 Å². The summed E-state index contributed by atoms with van der Waals surface area (Å²) in [7, 11) is 1.41. The third-order valence-electron chi connectivity index (χ3n) is 3.23. The number of hydrogen-bond donors (Lipinski definition) is 2. The normalized spacial score (nSPS) is 11.2. The minimum atomic E-state index is -4.55. The van der Waals surface area contributed by atoms with Gasteiger partial charge in [0.05, 0.1) is 28.4 Å². The molecule has 0 unspecified atom stereocenters. The Morgan fingerprint density at radius 2 is 2.17 bits per heavy atom. The molecule has 24 heavy (non-hydrogen) atoms. The summed E-state index contributed by atoms with van der Waals surface area (Å²) in [6.45, 7) is 0. The Morgan fingerprint density at radius 1 is 1.50 bits per heavy atom. The maximum absolute atomic E-state index is 12.7. The highest BCUT2D eigenvalue weighted by Gasteiger charge is 2.31. The predicted molar refractivity (Wildman–Crippen MR) is 80.5 cm³/mol. The molecule has 0 atom stereocenters. The van der Waals surface area contributed by atoms with Crippen LogP contribution in [0.15, 0.2) is 18.2 Å². The zero-order valence-corrected chi connectivity index (χ0v) is 13.0. The molecule has 0 aliphatic carbocycles. The van der Waals surface area contributed by atoms with E-state index in [4.69, 9.17) is 22.6 Å². The van der Waals surface area contributed by atoms with E-state index in [0.29, 0.717) is 0 Å². The van der Waals surface area contributed by atoms with E-state index in [1.807, 2.05) is 6.07 Å². The molecule has 6 nitrogen and oxygen atoms in total. The molecule has 126 valence electrons. The molecule has 2 aromatic rings. The first-order chi connectivity index (χ1) is 11.2. The first-order valence-corrected chi connectivity index (χ1v) is 6.92. The van der Waals surface area contributed by atoms with Crippen molar-refractivity contribution in [2.75, 3.05) is 12.8 Å². The first kappa shape index (κ1) is 17.6. The van der Waals surface area contributed by atoms with Crippen LogP contribution in [0.5, 0.6) is 0 Å². The smallest absolute Gasteiger partial charge is 0.381 e. The highest BCUT2D eigenvalue weighted by Crippen LogP contribution is 2.34. The van der Waals surface area contributed by atoms with Gasteiger partial charge >= 0.3 is 6.18 Å². The number of nitrogen functional groups attached to an aromatic ring is 1. The van der Waals surface area contributed by atoms with E-state index < -0.39 is 17.6 Å². The molecule has 0 aliphatic rings. The molecular weight excluding hydrogens is 347 g/mol. The van der Waals surface area contributed by atoms with Crippen molar-refractivity contribution in [3.05, 3.63) is 40.0 Å². The molecule has 1 aromatic heterocycles. The van der Waals surface area contributed by atoms with Gasteiger partial charge in [-0.3, -0.25) is 4.79 Å². The second-order valence-corrected chi connectivity index (χ2v) is 5.15. The number of amides is 1. The molecule has 0 bridgehead atoms. The van der Waals surface area contributed by atoms with Crippen molar-refractivity contribution in [3.63, 3.8) is 0 Å². The Bertz CT molecular complexity index is 838. The van der Waals surface area contributed by atoms with Gasteiger partial charge in [-0.1, -0.05) is 11.6 Å². The molecule has 0 saturated carbocycles. The van der Waals surface area contributed by atoms with Gasteiger partial charge in [-0.05, 0) is 18.2 Å². The minimum Gasteiger partial charge on any atom is -0.381 e. The van der Waals surface area contributed by atoms with E-state index in [0.717, 1.165) is 22.9 Å². The van der Waals surface area contributed by atoms with Crippen molar-refractivity contribution < 1.29 is 18.0 Å². The third kappa shape index (κ3) is 3.28. The summed E-state index contributed by atoms with van der Waals surface area (Å²) >= 11 is 5.93. The second kappa shape index (κ2) is 6.41. The van der Waals surface area contributed by atoms with Gasteiger partial charge in [0.1, 0.15) is 11.6 Å². The lowest BCUT2D eigenvalue weighted by molar-refractivity contribution is -0.137. The molecular formula is C14H11ClF3N5O. The molecule has 3 N–H and O–H groups in total. The fourth-order valence-electron chi connectivity index (χ4n) is 2.05. The number of carbonyl (C=O) groups excluding carboxylic acids is 1. The molecule has 1 heterocycles. The van der Waals surface area contributed by atoms with Crippen LogP contribution < -0.4 is 11.1 Å². The van der Waals surface area contributed by atoms with E-state index in [1.165, 1.54) is 7.05 Å². The number of benzene rings is 1. The summed E-state index contributed by atoms with van der Waals surface area (Å²) in [5.41, 5.74) is 4.90. The Kier molecular flexibility index (Phi) is 4.71. The van der Waals surface area contributed by atoms with Crippen LogP contribution in [0.3, 0.4) is 0 Å². The number of nitrogens with one attached hydrogen (secondary N) is 1. The average molecular weight is 358 g/mol. The number of nitriles is 1. The molecule has 10 heteroatoms. The van der Waals surface area contributed by atoms with E-state index in [1.54, 1.807) is 0 Å². The maximum atomic E-state index is 12.7. The molecule has 2 rings (SSSR count). The molecule has 0 spiro atoms. The van der Waals surface area contributed by atoms with Crippen LogP contribution in [-0.4, -0.2) is 22.7 Å². The number of anilines is 1. The number of carbonyl (C=O) groups is 1. The fraction of sp³-hybridized carbons (Fsp3) is 0.214. The standard InChI is InChI=1S/C14H11ClF3N5O/c1-21-12(24)5-11-8(6-19)13(20)22-23(11)10-3-2-7(4-9(10)15)14(16,17)18/h2-4H,5H2,1H3,(H2,20,22)(H,21,24). The molecule has 1 amide bonds. The summed E-state index contributed by atoms with van der Waals surface area (Å²) < 4.78 is 39.3. The molecule has 0 radical (unpaired) electrons. The van der Waals surface area contributed by atoms with Crippen molar-refractivity contribution in [2.45, 2.75) is 12.6 Å². The minimum absolute atomic E-state index is 0.0328. The fourth-order valence-corrected chi connectivity index (χ4v) is 2.31. The van der Waals surface area contributed by atoms with E-state index in [-0.39, 0.29) is 34.2 Å². The molecule has 0 saturated heterocycles. The van der Waals surface area contributed by atoms with Crippen LogP contribution in [-0.2, 0) is 17.4 Å². The molecule has 0 fully saturated rings. The average Bonchev–Trinajstić information content (AvgIpc) is 2.81. The Morgan fingerprint density at radius 3 is 2.67 bits per heavy atom. The number of rotatable bonds is 3. The lowest BCUT2D eigenvalue weighted by Crippen LogP contribution is -2.22. The van der Waals surface area contributed by atoms with Gasteiger partial charge in [0.2, 0.25) is 5.91 Å². The Balaban J connectivity index is 2.61. The monoisotopic (exact) mass is 357 g/mol. The number of likely N-dealkylation sites (N-methyl/N-ethyl adjacent to an activating group) is 1. The van der Waals surface area contributed by atoms with Gasteiger partial charge in [-0.25, -0.2) is 4.68 Å². The summed E-state index contributed by atoms with van der Waals surface area (Å²) in [6, 6.07) is 4.50. The molecule has 0 aliphatic heterocycles. The maximum Gasteiger partial charge on any atom is 0.416 e. The zero-order valence-electron chi connectivity index (χ0n) is 12.3. The summed E-state index contributed by atoms with van der Waals surface area (Å²) in [5, 5.41) is 15.2. The number of nitrogens with two attached hydrogens (primary N) is 1. The second-order valence-electron chi connectivity index (χ2n) is 4.74. The highest BCUT2D eigenvalue weighted by atomic mass is 35.5. The van der Waals surface area contributed by atoms with Gasteiger partial charge in [-0.15, -0.1) is 5.10 Å². The van der Waals surface area contributed by atoms with Crippen molar-refractivity contribution >= 4 is 23.3 Å². The summed E-state index contributed by atoms with van der Waals surface area (Å²) in [4.78, 5) is 11.6. The lowest BCUT2D eigenvalue weighted by Gasteiger charge is -2.12. The number of nitrogens with zero attached hydrogens (tertiary/aromatic N) is 3. The van der Waals surface area contributed by atoms with Crippen LogP contribution in [0, 0.1) is 11.3 Å². The topological polar surface area (TPSA) is 96.7 Å². The van der Waals surface area contributed by atoms with Gasteiger partial charge in [0.15, 0.2) is 5.82 Å². The Labute approximate surface area is 139 Å². The number of alkyl halides is 3. The summed E-state index contributed by atoms with van der Waals surface area (Å²) in [5.74, 6) is -0.567. The first-order valence-electron chi connectivity index (χ1n) is 6.54. The van der Waals surface area contributed by atoms with Crippen LogP contribution in [0.25, 0.3) is 5.69 Å². The SMILES string of the molecule is CNC(=O)Cc1c(C#N)c(N)nn1-c1ccc(C(F)(F)F)cc1Cl. The summed E-state index contributed by atoms with van der Waals surface area (Å²) in [6.07, 6.45) is -4.78. The quantitative estimate of drug-likeness (QED) is 0.880. The third-order valence-corrected chi connectivity index (χ3v) is 3.53. The van der Waals surface area contributed by atoms with E-state index >= 15 is 0 Å². The number of aromatic nitrogens is 2. The van der Waals surface area contributed by atoms with Crippen LogP contribution >= 0.6 is 11.6 Å². The van der Waals surface area contributed by atoms with Gasteiger partial charge in [-0.2, -0.15) is 18.4 Å². The zero-order chi connectivity index (χ0) is 18.1. The van der Waals surface area contributed by atoms with Crippen molar-refractivity contribution in [3.8, 4) is 11.8 Å². The van der Waals surface area contributed by atoms with Crippen molar-refractivity contribution in [1.82, 2.24) is 15.1 Å². The van der Waals surface area contributed by atoms with Gasteiger partial charge in [0, 0.05) is 7.05 Å². The largest absolute Gasteiger partial charge is 0.416 e.